The van der Waals surface area contributed by atoms with Crippen LogP contribution in [0.15, 0.2) is 36.4 Å². The Bertz CT molecular complexity index is 627. The van der Waals surface area contributed by atoms with Crippen molar-refractivity contribution in [3.05, 3.63) is 53.1 Å². The van der Waals surface area contributed by atoms with Crippen LogP contribution in [-0.4, -0.2) is 0 Å². The van der Waals surface area contributed by atoms with E-state index < -0.39 is 0 Å². The monoisotopic (exact) mass is 238 g/mol. The molecule has 0 aliphatic rings. The van der Waals surface area contributed by atoms with Gasteiger partial charge in [-0.05, 0) is 49.2 Å². The number of anilines is 1. The molecule has 0 spiro atoms. The SMILES string of the molecule is Cc1cc(C#N)ccc1Oc1cc(N)ccc1C. The predicted octanol–water partition coefficient (Wildman–Crippen LogP) is 3.55. The number of rotatable bonds is 2. The molecule has 0 radical (unpaired) electrons. The van der Waals surface area contributed by atoms with E-state index in [0.29, 0.717) is 11.3 Å². The van der Waals surface area contributed by atoms with Crippen LogP contribution in [0, 0.1) is 25.2 Å². The molecular formula is C15H14N2O. The van der Waals surface area contributed by atoms with E-state index in [-0.39, 0.29) is 0 Å². The number of nitrogens with two attached hydrogens (primary N) is 1. The van der Waals surface area contributed by atoms with Crippen molar-refractivity contribution in [2.75, 3.05) is 5.73 Å². The Balaban J connectivity index is 2.34. The number of benzene rings is 2. The second kappa shape index (κ2) is 4.80. The summed E-state index contributed by atoms with van der Waals surface area (Å²) in [4.78, 5) is 0. The van der Waals surface area contributed by atoms with Crippen molar-refractivity contribution in [2.24, 2.45) is 0 Å². The number of nitrogen functional groups attached to an aromatic ring is 1. The normalized spacial score (nSPS) is 9.83. The van der Waals surface area contributed by atoms with Gasteiger partial charge in [0.15, 0.2) is 0 Å². The molecule has 0 fully saturated rings. The zero-order chi connectivity index (χ0) is 13.1. The molecule has 18 heavy (non-hydrogen) atoms. The van der Waals surface area contributed by atoms with Gasteiger partial charge in [0, 0.05) is 11.8 Å². The fourth-order valence-corrected chi connectivity index (χ4v) is 1.68. The van der Waals surface area contributed by atoms with Crippen LogP contribution in [0.5, 0.6) is 11.5 Å². The Morgan fingerprint density at radius 1 is 1.00 bits per heavy atom. The lowest BCUT2D eigenvalue weighted by molar-refractivity contribution is 0.475. The molecule has 2 aromatic carbocycles. The van der Waals surface area contributed by atoms with Crippen LogP contribution in [0.25, 0.3) is 0 Å². The smallest absolute Gasteiger partial charge is 0.132 e. The standard InChI is InChI=1S/C15H14N2O/c1-10-3-5-13(17)8-15(10)18-14-6-4-12(9-16)7-11(14)2/h3-8H,17H2,1-2H3. The number of nitrogens with zero attached hydrogens (tertiary/aromatic N) is 1. The molecule has 0 bridgehead atoms. The number of ether oxygens (including phenoxy) is 1. The molecular weight excluding hydrogens is 224 g/mol. The van der Waals surface area contributed by atoms with E-state index in [4.69, 9.17) is 15.7 Å². The van der Waals surface area contributed by atoms with E-state index >= 15 is 0 Å². The third-order valence-electron chi connectivity index (χ3n) is 2.74. The van der Waals surface area contributed by atoms with Crippen LogP contribution < -0.4 is 10.5 Å². The molecule has 3 heteroatoms. The molecule has 2 aromatic rings. The second-order valence-electron chi connectivity index (χ2n) is 4.22. The van der Waals surface area contributed by atoms with Gasteiger partial charge in [-0.15, -0.1) is 0 Å². The summed E-state index contributed by atoms with van der Waals surface area (Å²) in [6, 6.07) is 13.0. The maximum atomic E-state index is 8.82. The molecule has 0 aliphatic heterocycles. The minimum absolute atomic E-state index is 0.629. The minimum Gasteiger partial charge on any atom is -0.457 e. The largest absolute Gasteiger partial charge is 0.457 e. The van der Waals surface area contributed by atoms with Crippen molar-refractivity contribution in [3.63, 3.8) is 0 Å². The van der Waals surface area contributed by atoms with Crippen molar-refractivity contribution >= 4 is 5.69 Å². The van der Waals surface area contributed by atoms with E-state index in [2.05, 4.69) is 6.07 Å². The lowest BCUT2D eigenvalue weighted by atomic mass is 10.1. The Hall–Kier alpha value is -2.47. The van der Waals surface area contributed by atoms with Crippen LogP contribution >= 0.6 is 0 Å². The molecule has 0 aromatic heterocycles. The Kier molecular flexibility index (Phi) is 3.20. The molecule has 0 saturated carbocycles. The average molecular weight is 238 g/mol. The zero-order valence-electron chi connectivity index (χ0n) is 10.4. The van der Waals surface area contributed by atoms with E-state index in [1.807, 2.05) is 26.0 Å². The van der Waals surface area contributed by atoms with E-state index in [1.165, 1.54) is 0 Å². The lowest BCUT2D eigenvalue weighted by Gasteiger charge is -2.11. The third kappa shape index (κ3) is 2.44. The van der Waals surface area contributed by atoms with Crippen molar-refractivity contribution in [1.82, 2.24) is 0 Å². The van der Waals surface area contributed by atoms with Crippen molar-refractivity contribution in [2.45, 2.75) is 13.8 Å². The number of hydrogen-bond acceptors (Lipinski definition) is 3. The summed E-state index contributed by atoms with van der Waals surface area (Å²) in [5.41, 5.74) is 8.99. The Morgan fingerprint density at radius 3 is 2.44 bits per heavy atom. The zero-order valence-corrected chi connectivity index (χ0v) is 10.4. The summed E-state index contributed by atoms with van der Waals surface area (Å²) in [7, 11) is 0. The molecule has 2 rings (SSSR count). The van der Waals surface area contributed by atoms with Gasteiger partial charge in [-0.1, -0.05) is 6.07 Å². The van der Waals surface area contributed by atoms with Crippen molar-refractivity contribution < 1.29 is 4.74 Å². The highest BCUT2D eigenvalue weighted by Crippen LogP contribution is 2.29. The first-order chi connectivity index (χ1) is 8.60. The highest BCUT2D eigenvalue weighted by molar-refractivity contribution is 5.51. The van der Waals surface area contributed by atoms with Gasteiger partial charge in [0.2, 0.25) is 0 Å². The number of nitriles is 1. The summed E-state index contributed by atoms with van der Waals surface area (Å²) in [6.45, 7) is 3.88. The van der Waals surface area contributed by atoms with Gasteiger partial charge in [-0.3, -0.25) is 0 Å². The first-order valence-electron chi connectivity index (χ1n) is 5.65. The highest BCUT2D eigenvalue weighted by atomic mass is 16.5. The third-order valence-corrected chi connectivity index (χ3v) is 2.74. The molecule has 3 nitrogen and oxygen atoms in total. The summed E-state index contributed by atoms with van der Waals surface area (Å²) < 4.78 is 5.83. The lowest BCUT2D eigenvalue weighted by Crippen LogP contribution is -1.93. The van der Waals surface area contributed by atoms with E-state index in [0.717, 1.165) is 22.6 Å². The summed E-state index contributed by atoms with van der Waals surface area (Å²) >= 11 is 0. The van der Waals surface area contributed by atoms with Crippen molar-refractivity contribution in [1.29, 1.82) is 5.26 Å². The fourth-order valence-electron chi connectivity index (χ4n) is 1.68. The average Bonchev–Trinajstić information content (AvgIpc) is 2.36. The van der Waals surface area contributed by atoms with Gasteiger partial charge >= 0.3 is 0 Å². The van der Waals surface area contributed by atoms with Crippen molar-refractivity contribution in [3.8, 4) is 17.6 Å². The fraction of sp³-hybridized carbons (Fsp3) is 0.133. The first-order valence-corrected chi connectivity index (χ1v) is 5.65. The van der Waals surface area contributed by atoms with Gasteiger partial charge in [-0.2, -0.15) is 5.26 Å². The maximum absolute atomic E-state index is 8.82. The Morgan fingerprint density at radius 2 is 1.78 bits per heavy atom. The predicted molar refractivity (Wildman–Crippen MR) is 71.6 cm³/mol. The van der Waals surface area contributed by atoms with Gasteiger partial charge in [0.1, 0.15) is 11.5 Å². The molecule has 2 N–H and O–H groups in total. The first kappa shape index (κ1) is 12.0. The summed E-state index contributed by atoms with van der Waals surface area (Å²) in [5, 5.41) is 8.82. The molecule has 90 valence electrons. The summed E-state index contributed by atoms with van der Waals surface area (Å²) in [5.74, 6) is 1.48. The molecule has 0 unspecified atom stereocenters. The van der Waals surface area contributed by atoms with Crippen LogP contribution in [-0.2, 0) is 0 Å². The minimum atomic E-state index is 0.629. The number of hydrogen-bond donors (Lipinski definition) is 1. The van der Waals surface area contributed by atoms with Gasteiger partial charge in [0.25, 0.3) is 0 Å². The van der Waals surface area contributed by atoms with Gasteiger partial charge in [-0.25, -0.2) is 0 Å². The molecule has 0 amide bonds. The molecule has 0 heterocycles. The van der Waals surface area contributed by atoms with Gasteiger partial charge < -0.3 is 10.5 Å². The Labute approximate surface area is 106 Å². The van der Waals surface area contributed by atoms with Crippen LogP contribution in [0.3, 0.4) is 0 Å². The van der Waals surface area contributed by atoms with Crippen LogP contribution in [0.4, 0.5) is 5.69 Å². The van der Waals surface area contributed by atoms with Crippen LogP contribution in [0.2, 0.25) is 0 Å². The quantitative estimate of drug-likeness (QED) is 0.814. The molecule has 0 aliphatic carbocycles. The van der Waals surface area contributed by atoms with E-state index in [1.54, 1.807) is 24.3 Å². The highest BCUT2D eigenvalue weighted by Gasteiger charge is 2.05. The second-order valence-corrected chi connectivity index (χ2v) is 4.22. The molecule has 0 atom stereocenters. The number of aryl methyl sites for hydroxylation is 2. The van der Waals surface area contributed by atoms with Gasteiger partial charge in [0.05, 0.1) is 11.6 Å². The maximum Gasteiger partial charge on any atom is 0.132 e. The topological polar surface area (TPSA) is 59.0 Å². The molecule has 0 saturated heterocycles. The summed E-state index contributed by atoms with van der Waals surface area (Å²) in [6.07, 6.45) is 0. The van der Waals surface area contributed by atoms with E-state index in [9.17, 15) is 0 Å². The van der Waals surface area contributed by atoms with Crippen LogP contribution in [0.1, 0.15) is 16.7 Å².